The van der Waals surface area contributed by atoms with Gasteiger partial charge in [0.2, 0.25) is 5.91 Å². The fourth-order valence-electron chi connectivity index (χ4n) is 1.49. The van der Waals surface area contributed by atoms with E-state index < -0.39 is 6.04 Å². The van der Waals surface area contributed by atoms with Gasteiger partial charge in [-0.05, 0) is 19.1 Å². The lowest BCUT2D eigenvalue weighted by molar-refractivity contribution is -0.131. The topological polar surface area (TPSA) is 64.8 Å². The number of hydrogen-bond donors (Lipinski definition) is 1. The summed E-state index contributed by atoms with van der Waals surface area (Å²) in [6.45, 7) is 2.55. The molecule has 0 aliphatic rings. The van der Waals surface area contributed by atoms with Crippen molar-refractivity contribution in [2.45, 2.75) is 13.0 Å². The molecule has 1 amide bonds. The zero-order chi connectivity index (χ0) is 13.5. The largest absolute Gasteiger partial charge is 0.493 e. The third-order valence-electron chi connectivity index (χ3n) is 2.52. The SMILES string of the molecule is COc1ccccc1OCCN(C)C(=O)[C@@H](C)N. The van der Waals surface area contributed by atoms with Crippen LogP contribution in [0.25, 0.3) is 0 Å². The van der Waals surface area contributed by atoms with E-state index in [1.54, 1.807) is 26.0 Å². The maximum absolute atomic E-state index is 11.5. The maximum Gasteiger partial charge on any atom is 0.239 e. The van der Waals surface area contributed by atoms with Gasteiger partial charge in [-0.15, -0.1) is 0 Å². The Bertz CT molecular complexity index is 394. The summed E-state index contributed by atoms with van der Waals surface area (Å²) in [5.41, 5.74) is 5.51. The van der Waals surface area contributed by atoms with E-state index in [4.69, 9.17) is 15.2 Å². The molecule has 1 aromatic carbocycles. The van der Waals surface area contributed by atoms with E-state index in [0.717, 1.165) is 0 Å². The summed E-state index contributed by atoms with van der Waals surface area (Å²) in [5.74, 6) is 1.25. The van der Waals surface area contributed by atoms with Crippen LogP contribution in [-0.4, -0.2) is 44.2 Å². The number of hydrogen-bond acceptors (Lipinski definition) is 4. The van der Waals surface area contributed by atoms with Crippen molar-refractivity contribution in [3.8, 4) is 11.5 Å². The van der Waals surface area contributed by atoms with E-state index in [-0.39, 0.29) is 5.91 Å². The molecule has 100 valence electrons. The van der Waals surface area contributed by atoms with Crippen LogP contribution < -0.4 is 15.2 Å². The summed E-state index contributed by atoms with van der Waals surface area (Å²) in [7, 11) is 3.30. The molecule has 1 aromatic rings. The summed E-state index contributed by atoms with van der Waals surface area (Å²) in [5, 5.41) is 0. The molecule has 0 radical (unpaired) electrons. The summed E-state index contributed by atoms with van der Waals surface area (Å²) in [4.78, 5) is 13.1. The molecule has 1 rings (SSSR count). The van der Waals surface area contributed by atoms with Crippen LogP contribution in [-0.2, 0) is 4.79 Å². The lowest BCUT2D eigenvalue weighted by Crippen LogP contribution is -2.41. The first kappa shape index (κ1) is 14.3. The minimum atomic E-state index is -0.485. The van der Waals surface area contributed by atoms with Crippen LogP contribution in [0, 0.1) is 0 Å². The van der Waals surface area contributed by atoms with Gasteiger partial charge in [0.25, 0.3) is 0 Å². The molecule has 5 nitrogen and oxygen atoms in total. The van der Waals surface area contributed by atoms with E-state index >= 15 is 0 Å². The number of nitrogens with two attached hydrogens (primary N) is 1. The van der Waals surface area contributed by atoms with E-state index in [1.165, 1.54) is 0 Å². The highest BCUT2D eigenvalue weighted by Crippen LogP contribution is 2.25. The third-order valence-corrected chi connectivity index (χ3v) is 2.52. The van der Waals surface area contributed by atoms with Gasteiger partial charge in [0.15, 0.2) is 11.5 Å². The predicted octanol–water partition coefficient (Wildman–Crippen LogP) is 0.880. The van der Waals surface area contributed by atoms with E-state index in [1.807, 2.05) is 24.3 Å². The minimum absolute atomic E-state index is 0.0985. The van der Waals surface area contributed by atoms with Gasteiger partial charge in [0.05, 0.1) is 19.7 Å². The fraction of sp³-hybridized carbons (Fsp3) is 0.462. The third kappa shape index (κ3) is 3.92. The van der Waals surface area contributed by atoms with E-state index in [9.17, 15) is 4.79 Å². The molecular weight excluding hydrogens is 232 g/mol. The van der Waals surface area contributed by atoms with Crippen LogP contribution in [0.5, 0.6) is 11.5 Å². The summed E-state index contributed by atoms with van der Waals surface area (Å²) < 4.78 is 10.7. The number of rotatable bonds is 6. The molecule has 0 aliphatic heterocycles. The van der Waals surface area contributed by atoms with Crippen LogP contribution in [0.2, 0.25) is 0 Å². The van der Waals surface area contributed by atoms with Crippen molar-refractivity contribution in [1.29, 1.82) is 0 Å². The maximum atomic E-state index is 11.5. The standard InChI is InChI=1S/C13H20N2O3/c1-10(14)13(16)15(2)8-9-18-12-7-5-4-6-11(12)17-3/h4-7,10H,8-9,14H2,1-3H3/t10-/m1/s1. The first-order chi connectivity index (χ1) is 8.56. The number of nitrogens with zero attached hydrogens (tertiary/aromatic N) is 1. The lowest BCUT2D eigenvalue weighted by atomic mass is 10.3. The molecule has 1 atom stereocenters. The van der Waals surface area contributed by atoms with Crippen molar-refractivity contribution in [1.82, 2.24) is 4.90 Å². The fourth-order valence-corrected chi connectivity index (χ4v) is 1.49. The number of benzene rings is 1. The molecule has 2 N–H and O–H groups in total. The molecular formula is C13H20N2O3. The molecule has 5 heteroatoms. The average Bonchev–Trinajstić information content (AvgIpc) is 2.38. The molecule has 18 heavy (non-hydrogen) atoms. The lowest BCUT2D eigenvalue weighted by Gasteiger charge is -2.19. The summed E-state index contributed by atoms with van der Waals surface area (Å²) in [6.07, 6.45) is 0. The normalized spacial score (nSPS) is 11.8. The number of amides is 1. The van der Waals surface area contributed by atoms with Gasteiger partial charge in [-0.3, -0.25) is 4.79 Å². The molecule has 0 heterocycles. The van der Waals surface area contributed by atoms with Crippen LogP contribution in [0.3, 0.4) is 0 Å². The molecule has 0 fully saturated rings. The highest BCUT2D eigenvalue weighted by Gasteiger charge is 2.13. The second kappa shape index (κ2) is 6.86. The minimum Gasteiger partial charge on any atom is -0.493 e. The number of methoxy groups -OCH3 is 1. The second-order valence-electron chi connectivity index (χ2n) is 4.05. The van der Waals surface area contributed by atoms with Crippen LogP contribution >= 0.6 is 0 Å². The van der Waals surface area contributed by atoms with E-state index in [0.29, 0.717) is 24.7 Å². The Morgan fingerprint density at radius 1 is 1.39 bits per heavy atom. The molecule has 0 bridgehead atoms. The van der Waals surface area contributed by atoms with Gasteiger partial charge in [0, 0.05) is 7.05 Å². The first-order valence-electron chi connectivity index (χ1n) is 5.82. The Hall–Kier alpha value is -1.75. The van der Waals surface area contributed by atoms with Gasteiger partial charge in [-0.2, -0.15) is 0 Å². The van der Waals surface area contributed by atoms with Crippen LogP contribution in [0.15, 0.2) is 24.3 Å². The van der Waals surface area contributed by atoms with Crippen molar-refractivity contribution in [3.05, 3.63) is 24.3 Å². The first-order valence-corrected chi connectivity index (χ1v) is 5.82. The van der Waals surface area contributed by atoms with E-state index in [2.05, 4.69) is 0 Å². The van der Waals surface area contributed by atoms with Crippen LogP contribution in [0.4, 0.5) is 0 Å². The number of carbonyl (C=O) groups is 1. The molecule has 0 aliphatic carbocycles. The van der Waals surface area contributed by atoms with Crippen molar-refractivity contribution >= 4 is 5.91 Å². The quantitative estimate of drug-likeness (QED) is 0.816. The van der Waals surface area contributed by atoms with Crippen molar-refractivity contribution in [3.63, 3.8) is 0 Å². The molecule has 0 spiro atoms. The summed E-state index contributed by atoms with van der Waals surface area (Å²) in [6, 6.07) is 6.91. The molecule has 0 aromatic heterocycles. The van der Waals surface area contributed by atoms with Crippen molar-refractivity contribution in [2.24, 2.45) is 5.73 Å². The Morgan fingerprint density at radius 2 is 2.00 bits per heavy atom. The predicted molar refractivity (Wildman–Crippen MR) is 69.8 cm³/mol. The number of ether oxygens (including phenoxy) is 2. The van der Waals surface area contributed by atoms with Gasteiger partial charge in [-0.25, -0.2) is 0 Å². The Kier molecular flexibility index (Phi) is 5.45. The van der Waals surface area contributed by atoms with Gasteiger partial charge in [-0.1, -0.05) is 12.1 Å². The Balaban J connectivity index is 2.44. The highest BCUT2D eigenvalue weighted by atomic mass is 16.5. The zero-order valence-corrected chi connectivity index (χ0v) is 11.1. The zero-order valence-electron chi connectivity index (χ0n) is 11.1. The highest BCUT2D eigenvalue weighted by molar-refractivity contribution is 5.80. The molecule has 0 unspecified atom stereocenters. The summed E-state index contributed by atoms with van der Waals surface area (Å²) >= 11 is 0. The van der Waals surface area contributed by atoms with Gasteiger partial charge >= 0.3 is 0 Å². The number of para-hydroxylation sites is 2. The van der Waals surface area contributed by atoms with Gasteiger partial charge in [0.1, 0.15) is 6.61 Å². The monoisotopic (exact) mass is 252 g/mol. The molecule has 0 saturated heterocycles. The number of carbonyl (C=O) groups excluding carboxylic acids is 1. The Labute approximate surface area is 107 Å². The molecule has 0 saturated carbocycles. The van der Waals surface area contributed by atoms with Crippen molar-refractivity contribution in [2.75, 3.05) is 27.3 Å². The second-order valence-corrected chi connectivity index (χ2v) is 4.05. The Morgan fingerprint density at radius 3 is 2.56 bits per heavy atom. The van der Waals surface area contributed by atoms with Gasteiger partial charge < -0.3 is 20.1 Å². The number of likely N-dealkylation sites (N-methyl/N-ethyl adjacent to an activating group) is 1. The van der Waals surface area contributed by atoms with Crippen LogP contribution in [0.1, 0.15) is 6.92 Å². The smallest absolute Gasteiger partial charge is 0.239 e. The average molecular weight is 252 g/mol. The van der Waals surface area contributed by atoms with Crippen molar-refractivity contribution < 1.29 is 14.3 Å².